The van der Waals surface area contributed by atoms with Crippen molar-refractivity contribution in [3.63, 3.8) is 0 Å². The van der Waals surface area contributed by atoms with Crippen molar-refractivity contribution in [2.75, 3.05) is 14.2 Å². The van der Waals surface area contributed by atoms with Gasteiger partial charge in [0.05, 0.1) is 19.7 Å². The molecule has 0 bridgehead atoms. The van der Waals surface area contributed by atoms with Gasteiger partial charge in [-0.05, 0) is 17.7 Å². The molecule has 2 amide bonds. The van der Waals surface area contributed by atoms with Gasteiger partial charge in [-0.3, -0.25) is 14.6 Å². The zero-order valence-corrected chi connectivity index (χ0v) is 14.1. The highest BCUT2D eigenvalue weighted by atomic mass is 32.1. The Kier molecular flexibility index (Phi) is 4.66. The summed E-state index contributed by atoms with van der Waals surface area (Å²) in [5, 5.41) is 5.55. The van der Waals surface area contributed by atoms with Crippen molar-refractivity contribution < 1.29 is 19.1 Å². The lowest BCUT2D eigenvalue weighted by molar-refractivity contribution is -0.136. The molecule has 3 rings (SSSR count). The van der Waals surface area contributed by atoms with Gasteiger partial charge in [0, 0.05) is 17.5 Å². The number of rotatable bonds is 5. The van der Waals surface area contributed by atoms with E-state index in [-0.39, 0.29) is 11.8 Å². The Bertz CT molecular complexity index is 748. The number of carbonyl (C=O) groups is 2. The summed E-state index contributed by atoms with van der Waals surface area (Å²) in [7, 11) is 3.06. The van der Waals surface area contributed by atoms with Crippen molar-refractivity contribution in [1.82, 2.24) is 15.6 Å². The highest BCUT2D eigenvalue weighted by molar-refractivity contribution is 7.09. The number of aromatic nitrogens is 1. The molecule has 7 nitrogen and oxygen atoms in total. The molecule has 0 radical (unpaired) electrons. The molecule has 1 aromatic heterocycles. The summed E-state index contributed by atoms with van der Waals surface area (Å²) in [5.41, 5.74) is 2.33. The predicted octanol–water partition coefficient (Wildman–Crippen LogP) is 1.06. The summed E-state index contributed by atoms with van der Waals surface area (Å²) in [5.74, 6) is 0.592. The van der Waals surface area contributed by atoms with Gasteiger partial charge in [0.15, 0.2) is 11.5 Å². The molecule has 2 aromatic rings. The van der Waals surface area contributed by atoms with E-state index in [0.29, 0.717) is 23.5 Å². The molecular formula is C16H17N3O4S. The maximum atomic E-state index is 12.4. The number of hydrogen-bond acceptors (Lipinski definition) is 6. The lowest BCUT2D eigenvalue weighted by Crippen LogP contribution is -2.58. The van der Waals surface area contributed by atoms with Gasteiger partial charge in [0.1, 0.15) is 12.1 Å². The van der Waals surface area contributed by atoms with E-state index in [4.69, 9.17) is 9.47 Å². The molecule has 0 saturated carbocycles. The first-order valence-corrected chi connectivity index (χ1v) is 8.20. The van der Waals surface area contributed by atoms with Crippen LogP contribution >= 0.6 is 11.3 Å². The smallest absolute Gasteiger partial charge is 0.247 e. The van der Waals surface area contributed by atoms with Gasteiger partial charge in [-0.1, -0.05) is 6.07 Å². The van der Waals surface area contributed by atoms with Crippen LogP contribution in [0.15, 0.2) is 29.9 Å². The Hall–Kier alpha value is -2.61. The SMILES string of the molecule is COc1ccc(C2NC(=O)C(Cc3cncs3)NC2=O)cc1OC. The van der Waals surface area contributed by atoms with Crippen LogP contribution in [0.4, 0.5) is 0 Å². The van der Waals surface area contributed by atoms with Crippen LogP contribution in [0.2, 0.25) is 0 Å². The Labute approximate surface area is 143 Å². The van der Waals surface area contributed by atoms with Crippen LogP contribution in [-0.4, -0.2) is 37.1 Å². The van der Waals surface area contributed by atoms with E-state index in [1.165, 1.54) is 25.6 Å². The zero-order valence-electron chi connectivity index (χ0n) is 13.2. The van der Waals surface area contributed by atoms with Crippen LogP contribution in [0.25, 0.3) is 0 Å². The monoisotopic (exact) mass is 347 g/mol. The maximum Gasteiger partial charge on any atom is 0.247 e. The van der Waals surface area contributed by atoms with E-state index in [0.717, 1.165) is 4.88 Å². The summed E-state index contributed by atoms with van der Waals surface area (Å²) in [6, 6.07) is 3.78. The fourth-order valence-corrected chi connectivity index (χ4v) is 3.23. The Morgan fingerprint density at radius 3 is 2.58 bits per heavy atom. The number of methoxy groups -OCH3 is 2. The quantitative estimate of drug-likeness (QED) is 0.844. The first-order chi connectivity index (χ1) is 11.6. The van der Waals surface area contributed by atoms with Crippen LogP contribution in [0, 0.1) is 0 Å². The van der Waals surface area contributed by atoms with Gasteiger partial charge in [-0.2, -0.15) is 0 Å². The largest absolute Gasteiger partial charge is 0.493 e. The maximum absolute atomic E-state index is 12.4. The average molecular weight is 347 g/mol. The predicted molar refractivity (Wildman–Crippen MR) is 88.2 cm³/mol. The number of hydrogen-bond donors (Lipinski definition) is 2. The van der Waals surface area contributed by atoms with Gasteiger partial charge in [0.25, 0.3) is 0 Å². The molecular weight excluding hydrogens is 330 g/mol. The van der Waals surface area contributed by atoms with Crippen molar-refractivity contribution in [2.45, 2.75) is 18.5 Å². The zero-order chi connectivity index (χ0) is 17.1. The molecule has 0 spiro atoms. The topological polar surface area (TPSA) is 89.5 Å². The summed E-state index contributed by atoms with van der Waals surface area (Å²) in [6.45, 7) is 0. The first kappa shape index (κ1) is 16.3. The molecule has 2 atom stereocenters. The number of nitrogens with one attached hydrogen (secondary N) is 2. The highest BCUT2D eigenvalue weighted by Crippen LogP contribution is 2.30. The van der Waals surface area contributed by atoms with E-state index in [1.54, 1.807) is 29.9 Å². The number of benzene rings is 1. The summed E-state index contributed by atoms with van der Waals surface area (Å²) < 4.78 is 10.4. The van der Waals surface area contributed by atoms with Crippen LogP contribution < -0.4 is 20.1 Å². The normalized spacial score (nSPS) is 20.2. The third kappa shape index (κ3) is 3.18. The van der Waals surface area contributed by atoms with Crippen LogP contribution in [0.1, 0.15) is 16.5 Å². The van der Waals surface area contributed by atoms with Gasteiger partial charge >= 0.3 is 0 Å². The first-order valence-electron chi connectivity index (χ1n) is 7.32. The van der Waals surface area contributed by atoms with Crippen LogP contribution in [0.3, 0.4) is 0 Å². The number of carbonyl (C=O) groups excluding carboxylic acids is 2. The molecule has 1 aliphatic rings. The van der Waals surface area contributed by atoms with E-state index in [1.807, 2.05) is 0 Å². The molecule has 1 aromatic carbocycles. The lowest BCUT2D eigenvalue weighted by Gasteiger charge is -2.29. The van der Waals surface area contributed by atoms with Crippen molar-refractivity contribution in [3.05, 3.63) is 40.3 Å². The summed E-state index contributed by atoms with van der Waals surface area (Å²) in [6.07, 6.45) is 2.13. The Balaban J connectivity index is 1.77. The van der Waals surface area contributed by atoms with E-state index < -0.39 is 12.1 Å². The van der Waals surface area contributed by atoms with Gasteiger partial charge < -0.3 is 20.1 Å². The van der Waals surface area contributed by atoms with E-state index in [9.17, 15) is 9.59 Å². The van der Waals surface area contributed by atoms with Gasteiger partial charge in [-0.25, -0.2) is 0 Å². The summed E-state index contributed by atoms with van der Waals surface area (Å²) >= 11 is 1.45. The molecule has 126 valence electrons. The average Bonchev–Trinajstić information content (AvgIpc) is 3.10. The summed E-state index contributed by atoms with van der Waals surface area (Å²) in [4.78, 5) is 29.7. The minimum atomic E-state index is -0.755. The van der Waals surface area contributed by atoms with Gasteiger partial charge in [0.2, 0.25) is 11.8 Å². The number of thiazole rings is 1. The van der Waals surface area contributed by atoms with Crippen molar-refractivity contribution in [2.24, 2.45) is 0 Å². The second-order valence-corrected chi connectivity index (χ2v) is 6.26. The Morgan fingerprint density at radius 2 is 1.92 bits per heavy atom. The lowest BCUT2D eigenvalue weighted by atomic mass is 10.0. The van der Waals surface area contributed by atoms with E-state index in [2.05, 4.69) is 15.6 Å². The second-order valence-electron chi connectivity index (χ2n) is 5.29. The molecule has 8 heteroatoms. The van der Waals surface area contributed by atoms with Gasteiger partial charge in [-0.15, -0.1) is 11.3 Å². The number of ether oxygens (including phenoxy) is 2. The third-order valence-electron chi connectivity index (χ3n) is 3.81. The van der Waals surface area contributed by atoms with Crippen molar-refractivity contribution in [1.29, 1.82) is 0 Å². The van der Waals surface area contributed by atoms with E-state index >= 15 is 0 Å². The number of piperazine rings is 1. The molecule has 2 unspecified atom stereocenters. The fraction of sp³-hybridized carbons (Fsp3) is 0.312. The molecule has 0 aliphatic carbocycles. The van der Waals surface area contributed by atoms with Crippen LogP contribution in [-0.2, 0) is 16.0 Å². The Morgan fingerprint density at radius 1 is 1.12 bits per heavy atom. The van der Waals surface area contributed by atoms with Crippen LogP contribution in [0.5, 0.6) is 11.5 Å². The second kappa shape index (κ2) is 6.88. The molecule has 24 heavy (non-hydrogen) atoms. The highest BCUT2D eigenvalue weighted by Gasteiger charge is 2.35. The van der Waals surface area contributed by atoms with Crippen molar-refractivity contribution >= 4 is 23.2 Å². The molecule has 2 N–H and O–H groups in total. The fourth-order valence-electron chi connectivity index (χ4n) is 2.58. The minimum absolute atomic E-state index is 0.220. The number of nitrogens with zero attached hydrogens (tertiary/aromatic N) is 1. The molecule has 1 fully saturated rings. The third-order valence-corrected chi connectivity index (χ3v) is 4.61. The minimum Gasteiger partial charge on any atom is -0.493 e. The molecule has 1 aliphatic heterocycles. The molecule has 2 heterocycles. The van der Waals surface area contributed by atoms with Crippen molar-refractivity contribution in [3.8, 4) is 11.5 Å². The molecule has 1 saturated heterocycles. The number of amides is 2. The standard InChI is InChI=1S/C16H17N3O4S/c1-22-12-4-3-9(5-13(12)23-2)14-16(21)18-11(15(20)19-14)6-10-7-17-8-24-10/h3-5,7-8,11,14H,6H2,1-2H3,(H,18,21)(H,19,20).